The summed E-state index contributed by atoms with van der Waals surface area (Å²) >= 11 is 0. The van der Waals surface area contributed by atoms with E-state index < -0.39 is 0 Å². The molecule has 136 valence electrons. The van der Waals surface area contributed by atoms with Crippen LogP contribution in [-0.4, -0.2) is 28.7 Å². The number of ether oxygens (including phenoxy) is 1. The molecule has 5 rings (SSSR count). The van der Waals surface area contributed by atoms with Gasteiger partial charge < -0.3 is 14.6 Å². The molecule has 0 radical (unpaired) electrons. The van der Waals surface area contributed by atoms with Crippen molar-refractivity contribution in [2.45, 2.75) is 31.2 Å². The van der Waals surface area contributed by atoms with Gasteiger partial charge in [-0.2, -0.15) is 4.98 Å². The van der Waals surface area contributed by atoms with Gasteiger partial charge in [0.05, 0.1) is 6.04 Å². The summed E-state index contributed by atoms with van der Waals surface area (Å²) in [6.07, 6.45) is 3.01. The normalized spacial score (nSPS) is 18.4. The smallest absolute Gasteiger partial charge is 0.251 e. The lowest BCUT2D eigenvalue weighted by molar-refractivity contribution is 0.0915. The fourth-order valence-electron chi connectivity index (χ4n) is 3.31. The maximum absolute atomic E-state index is 12.6. The molecule has 1 saturated carbocycles. The van der Waals surface area contributed by atoms with E-state index in [-0.39, 0.29) is 11.9 Å². The van der Waals surface area contributed by atoms with Crippen LogP contribution in [0.1, 0.15) is 40.6 Å². The van der Waals surface area contributed by atoms with E-state index in [1.165, 1.54) is 0 Å². The predicted molar refractivity (Wildman–Crippen MR) is 98.6 cm³/mol. The maximum atomic E-state index is 12.6. The Morgan fingerprint density at radius 2 is 1.89 bits per heavy atom. The third kappa shape index (κ3) is 3.30. The van der Waals surface area contributed by atoms with Crippen LogP contribution in [0.25, 0.3) is 11.4 Å². The van der Waals surface area contributed by atoms with Crippen LogP contribution in [0.15, 0.2) is 53.1 Å². The first-order valence-corrected chi connectivity index (χ1v) is 9.22. The number of amides is 1. The minimum Gasteiger partial charge on any atom is -0.491 e. The predicted octanol–water partition coefficient (Wildman–Crippen LogP) is 3.35. The molecule has 0 spiro atoms. The van der Waals surface area contributed by atoms with Crippen molar-refractivity contribution in [1.82, 2.24) is 15.5 Å². The molecule has 1 unspecified atom stereocenters. The van der Waals surface area contributed by atoms with Gasteiger partial charge in [0.15, 0.2) is 0 Å². The lowest BCUT2D eigenvalue weighted by atomic mass is 10.0. The van der Waals surface area contributed by atoms with Crippen molar-refractivity contribution < 1.29 is 14.1 Å². The van der Waals surface area contributed by atoms with E-state index >= 15 is 0 Å². The molecule has 0 bridgehead atoms. The fourth-order valence-corrected chi connectivity index (χ4v) is 3.31. The Morgan fingerprint density at radius 1 is 1.07 bits per heavy atom. The number of nitrogens with zero attached hydrogens (tertiary/aromatic N) is 2. The highest BCUT2D eigenvalue weighted by Crippen LogP contribution is 2.39. The van der Waals surface area contributed by atoms with E-state index in [0.717, 1.165) is 36.1 Å². The van der Waals surface area contributed by atoms with E-state index in [1.807, 2.05) is 36.4 Å². The topological polar surface area (TPSA) is 77.2 Å². The number of nitrogens with one attached hydrogen (secondary N) is 1. The minimum atomic E-state index is -0.110. The first-order valence-electron chi connectivity index (χ1n) is 9.22. The number of para-hydroxylation sites is 1. The Balaban J connectivity index is 1.25. The molecule has 6 nitrogen and oxygen atoms in total. The molecule has 1 aromatic heterocycles. The third-order valence-corrected chi connectivity index (χ3v) is 4.99. The van der Waals surface area contributed by atoms with Crippen LogP contribution in [0.5, 0.6) is 5.75 Å². The van der Waals surface area contributed by atoms with Crippen LogP contribution >= 0.6 is 0 Å². The van der Waals surface area contributed by atoms with Gasteiger partial charge in [0.25, 0.3) is 5.91 Å². The Bertz CT molecular complexity index is 976. The van der Waals surface area contributed by atoms with Crippen LogP contribution < -0.4 is 10.1 Å². The van der Waals surface area contributed by atoms with Gasteiger partial charge in [0, 0.05) is 17.0 Å². The summed E-state index contributed by atoms with van der Waals surface area (Å²) in [6, 6.07) is 15.2. The molecule has 1 N–H and O–H groups in total. The average molecular weight is 361 g/mol. The standard InChI is InChI=1S/C21H19N3O3/c25-20(22-17-11-16-3-1-2-4-18(16)26-12-17)14-7-5-13(6-8-14)19-23-21(27-24-19)15-9-10-15/h1-8,15,17H,9-12H2,(H,22,25). The van der Waals surface area contributed by atoms with E-state index in [4.69, 9.17) is 9.26 Å². The Hall–Kier alpha value is -3.15. The summed E-state index contributed by atoms with van der Waals surface area (Å²) in [5.41, 5.74) is 2.56. The van der Waals surface area contributed by atoms with Crippen molar-refractivity contribution in [2.75, 3.05) is 6.61 Å². The van der Waals surface area contributed by atoms with Gasteiger partial charge in [0.1, 0.15) is 12.4 Å². The summed E-state index contributed by atoms with van der Waals surface area (Å²) in [4.78, 5) is 17.0. The molecule has 0 saturated heterocycles. The van der Waals surface area contributed by atoms with Crippen LogP contribution in [0.4, 0.5) is 0 Å². The zero-order valence-corrected chi connectivity index (χ0v) is 14.7. The highest BCUT2D eigenvalue weighted by molar-refractivity contribution is 5.94. The minimum absolute atomic E-state index is 0.0367. The first-order chi connectivity index (χ1) is 13.3. The summed E-state index contributed by atoms with van der Waals surface area (Å²) in [5, 5.41) is 7.08. The van der Waals surface area contributed by atoms with Gasteiger partial charge in [-0.1, -0.05) is 35.5 Å². The summed E-state index contributed by atoms with van der Waals surface area (Å²) in [6.45, 7) is 0.480. The van der Waals surface area contributed by atoms with E-state index in [0.29, 0.717) is 29.8 Å². The van der Waals surface area contributed by atoms with Crippen molar-refractivity contribution in [3.05, 3.63) is 65.5 Å². The van der Waals surface area contributed by atoms with Crippen LogP contribution in [0.2, 0.25) is 0 Å². The molecular weight excluding hydrogens is 342 g/mol. The fraction of sp³-hybridized carbons (Fsp3) is 0.286. The monoisotopic (exact) mass is 361 g/mol. The molecule has 1 fully saturated rings. The zero-order valence-electron chi connectivity index (χ0n) is 14.7. The number of rotatable bonds is 4. The van der Waals surface area contributed by atoms with Crippen molar-refractivity contribution in [3.8, 4) is 17.1 Å². The Labute approximate surface area is 156 Å². The van der Waals surface area contributed by atoms with E-state index in [1.54, 1.807) is 12.1 Å². The van der Waals surface area contributed by atoms with Gasteiger partial charge in [0.2, 0.25) is 11.7 Å². The van der Waals surface area contributed by atoms with Gasteiger partial charge >= 0.3 is 0 Å². The summed E-state index contributed by atoms with van der Waals surface area (Å²) < 4.78 is 11.0. The lowest BCUT2D eigenvalue weighted by Gasteiger charge is -2.26. The molecular formula is C21H19N3O3. The largest absolute Gasteiger partial charge is 0.491 e. The van der Waals surface area contributed by atoms with Crippen LogP contribution in [0.3, 0.4) is 0 Å². The summed E-state index contributed by atoms with van der Waals surface area (Å²) in [5.74, 6) is 2.50. The maximum Gasteiger partial charge on any atom is 0.251 e. The number of carbonyl (C=O) groups excluding carboxylic acids is 1. The summed E-state index contributed by atoms with van der Waals surface area (Å²) in [7, 11) is 0. The molecule has 6 heteroatoms. The molecule has 2 aliphatic rings. The van der Waals surface area contributed by atoms with Crippen molar-refractivity contribution in [3.63, 3.8) is 0 Å². The van der Waals surface area contributed by atoms with Gasteiger partial charge in [-0.3, -0.25) is 4.79 Å². The molecule has 2 aromatic carbocycles. The highest BCUT2D eigenvalue weighted by Gasteiger charge is 2.29. The van der Waals surface area contributed by atoms with Crippen LogP contribution in [0, 0.1) is 0 Å². The molecule has 3 aromatic rings. The molecule has 1 aliphatic heterocycles. The SMILES string of the molecule is O=C(NC1COc2ccccc2C1)c1ccc(-c2noc(C3CC3)n2)cc1. The second-order valence-electron chi connectivity index (χ2n) is 7.10. The first kappa shape index (κ1) is 16.1. The zero-order chi connectivity index (χ0) is 18.2. The quantitative estimate of drug-likeness (QED) is 0.771. The van der Waals surface area contributed by atoms with Gasteiger partial charge in [-0.25, -0.2) is 0 Å². The Kier molecular flexibility index (Phi) is 3.89. The highest BCUT2D eigenvalue weighted by atomic mass is 16.5. The number of hydrogen-bond acceptors (Lipinski definition) is 5. The molecule has 27 heavy (non-hydrogen) atoms. The van der Waals surface area contributed by atoms with Gasteiger partial charge in [-0.05, 0) is 43.0 Å². The second kappa shape index (κ2) is 6.54. The number of hydrogen-bond donors (Lipinski definition) is 1. The average Bonchev–Trinajstić information content (AvgIpc) is 3.45. The van der Waals surface area contributed by atoms with E-state index in [9.17, 15) is 4.79 Å². The van der Waals surface area contributed by atoms with Crippen molar-refractivity contribution in [2.24, 2.45) is 0 Å². The third-order valence-electron chi connectivity index (χ3n) is 4.99. The number of carbonyl (C=O) groups is 1. The Morgan fingerprint density at radius 3 is 2.70 bits per heavy atom. The molecule has 2 heterocycles. The van der Waals surface area contributed by atoms with Crippen LogP contribution in [-0.2, 0) is 6.42 Å². The van der Waals surface area contributed by atoms with Crippen molar-refractivity contribution in [1.29, 1.82) is 0 Å². The molecule has 1 aliphatic carbocycles. The number of fused-ring (bicyclic) bond motifs is 1. The second-order valence-corrected chi connectivity index (χ2v) is 7.10. The lowest BCUT2D eigenvalue weighted by Crippen LogP contribution is -2.42. The van der Waals surface area contributed by atoms with Gasteiger partial charge in [-0.15, -0.1) is 0 Å². The van der Waals surface area contributed by atoms with E-state index in [2.05, 4.69) is 15.5 Å². The molecule has 1 atom stereocenters. The number of aromatic nitrogens is 2. The number of benzene rings is 2. The van der Waals surface area contributed by atoms with Crippen molar-refractivity contribution >= 4 is 5.91 Å². The molecule has 1 amide bonds.